The quantitative estimate of drug-likeness (QED) is 0.839. The van der Waals surface area contributed by atoms with Gasteiger partial charge in [0.1, 0.15) is 11.6 Å². The summed E-state index contributed by atoms with van der Waals surface area (Å²) in [6.45, 7) is 5.47. The topological polar surface area (TPSA) is 111 Å². The molecular weight excluding hydrogens is 322 g/mol. The fourth-order valence-electron chi connectivity index (χ4n) is 3.31. The zero-order chi connectivity index (χ0) is 17.4. The van der Waals surface area contributed by atoms with Gasteiger partial charge < -0.3 is 20.7 Å². The molecule has 3 N–H and O–H groups in total. The van der Waals surface area contributed by atoms with Crippen molar-refractivity contribution in [3.63, 3.8) is 0 Å². The van der Waals surface area contributed by atoms with Crippen molar-refractivity contribution in [3.8, 4) is 0 Å². The molecule has 1 unspecified atom stereocenters. The summed E-state index contributed by atoms with van der Waals surface area (Å²) >= 11 is 0. The number of anilines is 3. The van der Waals surface area contributed by atoms with Crippen LogP contribution in [0.4, 0.5) is 17.6 Å². The van der Waals surface area contributed by atoms with Gasteiger partial charge in [-0.3, -0.25) is 9.48 Å². The number of rotatable bonds is 3. The molecule has 9 nitrogen and oxygen atoms in total. The number of nitrogens with zero attached hydrogens (tertiary/aromatic N) is 5. The first-order chi connectivity index (χ1) is 12.2. The molecule has 0 bridgehead atoms. The van der Waals surface area contributed by atoms with Crippen molar-refractivity contribution >= 4 is 23.5 Å². The standard InChI is InChI=1S/C16H21N7O2/c1-2-23-9-10(8-18-23)11-7-12(24)19-15-13(11)14(17)20-16(21-15)22-3-5-25-6-4-22/h8-9,11H,2-7H2,1H3,(H3,17,19,20,21,24). The number of amides is 1. The maximum absolute atomic E-state index is 12.2. The average Bonchev–Trinajstić information content (AvgIpc) is 3.10. The molecule has 9 heteroatoms. The summed E-state index contributed by atoms with van der Waals surface area (Å²) in [7, 11) is 0. The summed E-state index contributed by atoms with van der Waals surface area (Å²) in [5.74, 6) is 1.18. The lowest BCUT2D eigenvalue weighted by Crippen LogP contribution is -2.38. The third kappa shape index (κ3) is 2.91. The third-order valence-electron chi connectivity index (χ3n) is 4.63. The molecule has 0 radical (unpaired) electrons. The Balaban J connectivity index is 1.74. The Morgan fingerprint density at radius 3 is 2.88 bits per heavy atom. The molecule has 1 saturated heterocycles. The lowest BCUT2D eigenvalue weighted by Gasteiger charge is -2.30. The van der Waals surface area contributed by atoms with E-state index in [4.69, 9.17) is 10.5 Å². The summed E-state index contributed by atoms with van der Waals surface area (Å²) in [6, 6.07) is 0. The van der Waals surface area contributed by atoms with Gasteiger partial charge in [0.25, 0.3) is 0 Å². The lowest BCUT2D eigenvalue weighted by molar-refractivity contribution is -0.116. The molecular formula is C16H21N7O2. The highest BCUT2D eigenvalue weighted by molar-refractivity contribution is 5.95. The zero-order valence-electron chi connectivity index (χ0n) is 14.1. The molecule has 4 rings (SSSR count). The number of aryl methyl sites for hydroxylation is 1. The van der Waals surface area contributed by atoms with Crippen LogP contribution in [-0.4, -0.2) is 52.0 Å². The van der Waals surface area contributed by atoms with Gasteiger partial charge >= 0.3 is 0 Å². The van der Waals surface area contributed by atoms with Gasteiger partial charge in [-0.05, 0) is 12.5 Å². The van der Waals surface area contributed by atoms with E-state index in [1.165, 1.54) is 0 Å². The van der Waals surface area contributed by atoms with Crippen molar-refractivity contribution in [2.45, 2.75) is 25.8 Å². The Hall–Kier alpha value is -2.68. The van der Waals surface area contributed by atoms with E-state index in [9.17, 15) is 4.79 Å². The van der Waals surface area contributed by atoms with E-state index in [2.05, 4.69) is 20.4 Å². The van der Waals surface area contributed by atoms with Crippen molar-refractivity contribution < 1.29 is 9.53 Å². The Labute approximate surface area is 145 Å². The molecule has 25 heavy (non-hydrogen) atoms. The predicted molar refractivity (Wildman–Crippen MR) is 92.5 cm³/mol. The second kappa shape index (κ2) is 6.32. The molecule has 0 aromatic carbocycles. The predicted octanol–water partition coefficient (Wildman–Crippen LogP) is 0.586. The highest BCUT2D eigenvalue weighted by Crippen LogP contribution is 2.39. The molecule has 0 saturated carbocycles. The SMILES string of the molecule is CCn1cc(C2CC(=O)Nc3nc(N4CCOCC4)nc(N)c32)cn1. The summed E-state index contributed by atoms with van der Waals surface area (Å²) in [6.07, 6.45) is 4.04. The van der Waals surface area contributed by atoms with Crippen molar-refractivity contribution in [3.05, 3.63) is 23.5 Å². The number of hydrogen-bond acceptors (Lipinski definition) is 7. The van der Waals surface area contributed by atoms with Crippen LogP contribution in [0.3, 0.4) is 0 Å². The molecule has 2 aliphatic rings. The highest BCUT2D eigenvalue weighted by atomic mass is 16.5. The summed E-state index contributed by atoms with van der Waals surface area (Å²) in [5, 5.41) is 7.16. The summed E-state index contributed by atoms with van der Waals surface area (Å²) in [5.41, 5.74) is 8.00. The van der Waals surface area contributed by atoms with Gasteiger partial charge in [-0.15, -0.1) is 0 Å². The number of aromatic nitrogens is 4. The first-order valence-corrected chi connectivity index (χ1v) is 8.48. The van der Waals surface area contributed by atoms with E-state index in [0.29, 0.717) is 50.3 Å². The molecule has 132 valence electrons. The molecule has 0 spiro atoms. The van der Waals surface area contributed by atoms with Crippen molar-refractivity contribution in [2.75, 3.05) is 42.3 Å². The minimum atomic E-state index is -0.178. The largest absolute Gasteiger partial charge is 0.383 e. The van der Waals surface area contributed by atoms with Gasteiger partial charge in [-0.2, -0.15) is 15.1 Å². The minimum Gasteiger partial charge on any atom is -0.383 e. The Morgan fingerprint density at radius 2 is 2.16 bits per heavy atom. The van der Waals surface area contributed by atoms with Crippen LogP contribution < -0.4 is 16.0 Å². The van der Waals surface area contributed by atoms with Gasteiger partial charge in [0.05, 0.1) is 19.4 Å². The summed E-state index contributed by atoms with van der Waals surface area (Å²) < 4.78 is 7.20. The van der Waals surface area contributed by atoms with Crippen LogP contribution in [0.2, 0.25) is 0 Å². The minimum absolute atomic E-state index is 0.0761. The lowest BCUT2D eigenvalue weighted by atomic mass is 9.88. The van der Waals surface area contributed by atoms with Crippen LogP contribution in [0.1, 0.15) is 30.4 Å². The fraction of sp³-hybridized carbons (Fsp3) is 0.500. The van der Waals surface area contributed by atoms with Crippen LogP contribution in [0.25, 0.3) is 0 Å². The van der Waals surface area contributed by atoms with Gasteiger partial charge in [0.15, 0.2) is 0 Å². The van der Waals surface area contributed by atoms with E-state index in [1.54, 1.807) is 6.20 Å². The van der Waals surface area contributed by atoms with Crippen LogP contribution in [0.5, 0.6) is 0 Å². The number of carbonyl (C=O) groups excluding carboxylic acids is 1. The molecule has 2 aliphatic heterocycles. The number of morpholine rings is 1. The zero-order valence-corrected chi connectivity index (χ0v) is 14.1. The molecule has 1 fully saturated rings. The van der Waals surface area contributed by atoms with Gasteiger partial charge in [-0.1, -0.05) is 0 Å². The van der Waals surface area contributed by atoms with Crippen molar-refractivity contribution in [2.24, 2.45) is 0 Å². The maximum Gasteiger partial charge on any atom is 0.229 e. The second-order valence-electron chi connectivity index (χ2n) is 6.20. The maximum atomic E-state index is 12.2. The van der Waals surface area contributed by atoms with Crippen LogP contribution in [0, 0.1) is 0 Å². The number of hydrogen-bond donors (Lipinski definition) is 2. The normalized spacial score (nSPS) is 20.3. The molecule has 1 amide bonds. The monoisotopic (exact) mass is 343 g/mol. The second-order valence-corrected chi connectivity index (χ2v) is 6.20. The molecule has 2 aromatic heterocycles. The first-order valence-electron chi connectivity index (χ1n) is 8.48. The van der Waals surface area contributed by atoms with Gasteiger partial charge in [-0.25, -0.2) is 0 Å². The number of carbonyl (C=O) groups is 1. The Bertz CT molecular complexity index is 798. The molecule has 2 aromatic rings. The smallest absolute Gasteiger partial charge is 0.229 e. The van der Waals surface area contributed by atoms with E-state index >= 15 is 0 Å². The van der Waals surface area contributed by atoms with E-state index < -0.39 is 0 Å². The number of fused-ring (bicyclic) bond motifs is 1. The van der Waals surface area contributed by atoms with Crippen LogP contribution in [0.15, 0.2) is 12.4 Å². The number of ether oxygens (including phenoxy) is 1. The van der Waals surface area contributed by atoms with Crippen molar-refractivity contribution in [1.29, 1.82) is 0 Å². The Kier molecular flexibility index (Phi) is 4.00. The van der Waals surface area contributed by atoms with E-state index in [0.717, 1.165) is 17.7 Å². The van der Waals surface area contributed by atoms with Crippen LogP contribution >= 0.6 is 0 Å². The number of nitrogens with two attached hydrogens (primary N) is 1. The van der Waals surface area contributed by atoms with Gasteiger partial charge in [0.2, 0.25) is 11.9 Å². The number of nitrogens with one attached hydrogen (secondary N) is 1. The number of nitrogen functional groups attached to an aromatic ring is 1. The fourth-order valence-corrected chi connectivity index (χ4v) is 3.31. The molecule has 4 heterocycles. The third-order valence-corrected chi connectivity index (χ3v) is 4.63. The Morgan fingerprint density at radius 1 is 1.36 bits per heavy atom. The average molecular weight is 343 g/mol. The molecule has 1 atom stereocenters. The van der Waals surface area contributed by atoms with Crippen LogP contribution in [-0.2, 0) is 16.1 Å². The molecule has 0 aliphatic carbocycles. The van der Waals surface area contributed by atoms with Crippen molar-refractivity contribution in [1.82, 2.24) is 19.7 Å². The first kappa shape index (κ1) is 15.8. The highest BCUT2D eigenvalue weighted by Gasteiger charge is 2.32. The van der Waals surface area contributed by atoms with E-state index in [-0.39, 0.29) is 11.8 Å². The summed E-state index contributed by atoms with van der Waals surface area (Å²) in [4.78, 5) is 23.3. The van der Waals surface area contributed by atoms with Gasteiger partial charge in [0, 0.05) is 43.7 Å². The van der Waals surface area contributed by atoms with E-state index in [1.807, 2.05) is 22.7 Å².